The van der Waals surface area contributed by atoms with E-state index >= 15 is 0 Å². The van der Waals surface area contributed by atoms with Gasteiger partial charge < -0.3 is 15.5 Å². The maximum absolute atomic E-state index is 13.4. The second kappa shape index (κ2) is 15.4. The molecule has 1 saturated heterocycles. The van der Waals surface area contributed by atoms with Crippen LogP contribution in [-0.2, 0) is 15.0 Å². The van der Waals surface area contributed by atoms with Crippen LogP contribution in [0.25, 0.3) is 0 Å². The number of amides is 2. The van der Waals surface area contributed by atoms with E-state index in [2.05, 4.69) is 58.9 Å². The zero-order valence-corrected chi connectivity index (χ0v) is 24.0. The van der Waals surface area contributed by atoms with Gasteiger partial charge in [-0.05, 0) is 61.4 Å². The van der Waals surface area contributed by atoms with E-state index in [0.29, 0.717) is 25.3 Å². The van der Waals surface area contributed by atoms with Gasteiger partial charge in [-0.1, -0.05) is 104 Å². The fraction of sp³-hybridized carbons (Fsp3) is 0.429. The number of likely N-dealkylation sites (tertiary alicyclic amines) is 1. The summed E-state index contributed by atoms with van der Waals surface area (Å²) in [6, 6.07) is 31.0. The molecule has 5 heteroatoms. The maximum Gasteiger partial charge on any atom is 0.221 e. The van der Waals surface area contributed by atoms with Crippen LogP contribution < -0.4 is 10.6 Å². The van der Waals surface area contributed by atoms with Gasteiger partial charge in [0.1, 0.15) is 0 Å². The van der Waals surface area contributed by atoms with Crippen LogP contribution in [-0.4, -0.2) is 49.4 Å². The molecule has 3 aromatic rings. The predicted octanol–water partition coefficient (Wildman–Crippen LogP) is 5.94. The number of piperidine rings is 1. The van der Waals surface area contributed by atoms with E-state index < -0.39 is 5.41 Å². The summed E-state index contributed by atoms with van der Waals surface area (Å²) in [7, 11) is 0. The molecule has 1 heterocycles. The summed E-state index contributed by atoms with van der Waals surface area (Å²) in [5.74, 6) is 0.751. The molecule has 1 atom stereocenters. The highest BCUT2D eigenvalue weighted by Gasteiger charge is 2.38. The van der Waals surface area contributed by atoms with Gasteiger partial charge >= 0.3 is 0 Å². The Kier molecular flexibility index (Phi) is 11.4. The molecule has 2 amide bonds. The summed E-state index contributed by atoms with van der Waals surface area (Å²) in [6.07, 6.45) is 5.93. The molecule has 212 valence electrons. The lowest BCUT2D eigenvalue weighted by molar-refractivity contribution is -0.122. The maximum atomic E-state index is 13.4. The minimum absolute atomic E-state index is 0.0305. The van der Waals surface area contributed by atoms with Crippen molar-refractivity contribution in [3.05, 3.63) is 108 Å². The van der Waals surface area contributed by atoms with E-state index in [9.17, 15) is 9.59 Å². The third kappa shape index (κ3) is 8.04. The fourth-order valence-electron chi connectivity index (χ4n) is 6.04. The van der Waals surface area contributed by atoms with Crippen LogP contribution in [0.15, 0.2) is 91.0 Å². The number of unbranched alkanes of at least 4 members (excludes halogenated alkanes) is 2. The van der Waals surface area contributed by atoms with E-state index in [4.69, 9.17) is 0 Å². The number of carbonyl (C=O) groups is 2. The second-order valence-electron chi connectivity index (χ2n) is 11.0. The minimum Gasteiger partial charge on any atom is -0.356 e. The van der Waals surface area contributed by atoms with Crippen molar-refractivity contribution in [3.63, 3.8) is 0 Å². The van der Waals surface area contributed by atoms with Crippen molar-refractivity contribution in [1.29, 1.82) is 0 Å². The first-order valence-electron chi connectivity index (χ1n) is 15.0. The smallest absolute Gasteiger partial charge is 0.221 e. The Morgan fingerprint density at radius 2 is 1.35 bits per heavy atom. The molecular weight excluding hydrogens is 494 g/mol. The van der Waals surface area contributed by atoms with Crippen LogP contribution in [0.4, 0.5) is 0 Å². The third-order valence-electron chi connectivity index (χ3n) is 8.27. The molecule has 0 bridgehead atoms. The van der Waals surface area contributed by atoms with Crippen molar-refractivity contribution in [1.82, 2.24) is 15.5 Å². The SMILES string of the molecule is CCN1CCC[C@@H](CNC(=O)CCCCCNC(=O)CC(c2ccccc2)(c2ccccc2)c2ccccc2)C1. The van der Waals surface area contributed by atoms with Crippen LogP contribution in [0.5, 0.6) is 0 Å². The van der Waals surface area contributed by atoms with Crippen LogP contribution in [0.1, 0.15) is 68.6 Å². The van der Waals surface area contributed by atoms with Crippen molar-refractivity contribution < 1.29 is 9.59 Å². The molecule has 1 aliphatic heterocycles. The number of carbonyl (C=O) groups excluding carboxylic acids is 2. The summed E-state index contributed by atoms with van der Waals surface area (Å²) in [5.41, 5.74) is 2.72. The molecule has 0 unspecified atom stereocenters. The lowest BCUT2D eigenvalue weighted by Crippen LogP contribution is -2.40. The number of nitrogens with one attached hydrogen (secondary N) is 2. The van der Waals surface area contributed by atoms with E-state index in [1.807, 2.05) is 54.6 Å². The molecule has 1 aliphatic rings. The van der Waals surface area contributed by atoms with Crippen molar-refractivity contribution >= 4 is 11.8 Å². The topological polar surface area (TPSA) is 61.4 Å². The quantitative estimate of drug-likeness (QED) is 0.197. The Hall–Kier alpha value is -3.44. The number of rotatable bonds is 14. The molecule has 4 rings (SSSR count). The predicted molar refractivity (Wildman–Crippen MR) is 163 cm³/mol. The monoisotopic (exact) mass is 539 g/mol. The minimum atomic E-state index is -0.585. The largest absolute Gasteiger partial charge is 0.356 e. The van der Waals surface area contributed by atoms with E-state index in [0.717, 1.165) is 55.6 Å². The van der Waals surface area contributed by atoms with Crippen LogP contribution in [0.2, 0.25) is 0 Å². The Morgan fingerprint density at radius 3 is 1.90 bits per heavy atom. The zero-order chi connectivity index (χ0) is 28.0. The lowest BCUT2D eigenvalue weighted by Gasteiger charge is -2.35. The summed E-state index contributed by atoms with van der Waals surface area (Å²) in [5, 5.41) is 6.31. The molecule has 5 nitrogen and oxygen atoms in total. The standard InChI is InChI=1S/C35H45N3O2/c1-2-38-25-15-16-29(28-38)27-37-33(39)23-13-6-14-24-36-34(40)26-35(30-17-7-3-8-18-30,31-19-9-4-10-20-31)32-21-11-5-12-22-32/h3-5,7-12,17-22,29H,2,6,13-16,23-28H2,1H3,(H,36,40)(H,37,39)/t29-/m0/s1. The van der Waals surface area contributed by atoms with Gasteiger partial charge in [-0.15, -0.1) is 0 Å². The Balaban J connectivity index is 1.28. The van der Waals surface area contributed by atoms with Crippen molar-refractivity contribution in [2.24, 2.45) is 5.92 Å². The van der Waals surface area contributed by atoms with Gasteiger partial charge in [0.05, 0.1) is 5.41 Å². The lowest BCUT2D eigenvalue weighted by atomic mass is 9.67. The fourth-order valence-corrected chi connectivity index (χ4v) is 6.04. The first kappa shape index (κ1) is 29.5. The first-order chi connectivity index (χ1) is 19.6. The van der Waals surface area contributed by atoms with Gasteiger partial charge in [-0.2, -0.15) is 0 Å². The number of benzene rings is 3. The Bertz CT molecular complexity index is 1070. The highest BCUT2D eigenvalue weighted by Crippen LogP contribution is 2.42. The average Bonchev–Trinajstić information content (AvgIpc) is 3.02. The highest BCUT2D eigenvalue weighted by molar-refractivity contribution is 5.80. The van der Waals surface area contributed by atoms with E-state index in [1.54, 1.807) is 0 Å². The van der Waals surface area contributed by atoms with Crippen molar-refractivity contribution in [3.8, 4) is 0 Å². The molecule has 0 radical (unpaired) electrons. The molecule has 2 N–H and O–H groups in total. The molecule has 3 aromatic carbocycles. The highest BCUT2D eigenvalue weighted by atomic mass is 16.2. The average molecular weight is 540 g/mol. The number of nitrogens with zero attached hydrogens (tertiary/aromatic N) is 1. The van der Waals surface area contributed by atoms with E-state index in [1.165, 1.54) is 19.4 Å². The summed E-state index contributed by atoms with van der Waals surface area (Å²) >= 11 is 0. The molecular formula is C35H45N3O2. The molecule has 40 heavy (non-hydrogen) atoms. The second-order valence-corrected chi connectivity index (χ2v) is 11.0. The van der Waals surface area contributed by atoms with Gasteiger partial charge in [0, 0.05) is 32.5 Å². The molecule has 0 spiro atoms. The van der Waals surface area contributed by atoms with Gasteiger partial charge in [0.25, 0.3) is 0 Å². The van der Waals surface area contributed by atoms with Crippen LogP contribution >= 0.6 is 0 Å². The van der Waals surface area contributed by atoms with Gasteiger partial charge in [0.2, 0.25) is 11.8 Å². The summed E-state index contributed by atoms with van der Waals surface area (Å²) in [4.78, 5) is 28.2. The summed E-state index contributed by atoms with van der Waals surface area (Å²) in [6.45, 7) is 6.98. The molecule has 0 aromatic heterocycles. The van der Waals surface area contributed by atoms with Gasteiger partial charge in [-0.3, -0.25) is 9.59 Å². The third-order valence-corrected chi connectivity index (χ3v) is 8.27. The van der Waals surface area contributed by atoms with Gasteiger partial charge in [0.15, 0.2) is 0 Å². The molecule has 0 aliphatic carbocycles. The Morgan fingerprint density at radius 1 is 0.775 bits per heavy atom. The van der Waals surface area contributed by atoms with Crippen molar-refractivity contribution in [2.75, 3.05) is 32.7 Å². The van der Waals surface area contributed by atoms with E-state index in [-0.39, 0.29) is 11.8 Å². The normalized spacial score (nSPS) is 15.9. The van der Waals surface area contributed by atoms with Gasteiger partial charge in [-0.25, -0.2) is 0 Å². The van der Waals surface area contributed by atoms with Crippen molar-refractivity contribution in [2.45, 2.75) is 57.3 Å². The first-order valence-corrected chi connectivity index (χ1v) is 15.0. The number of hydrogen-bond acceptors (Lipinski definition) is 3. The number of hydrogen-bond donors (Lipinski definition) is 2. The van der Waals surface area contributed by atoms with Crippen LogP contribution in [0, 0.1) is 5.92 Å². The van der Waals surface area contributed by atoms with Crippen LogP contribution in [0.3, 0.4) is 0 Å². The Labute approximate surface area is 240 Å². The zero-order valence-electron chi connectivity index (χ0n) is 24.0. The summed E-state index contributed by atoms with van der Waals surface area (Å²) < 4.78 is 0. The molecule has 1 fully saturated rings. The molecule has 0 saturated carbocycles.